The van der Waals surface area contributed by atoms with Crippen molar-refractivity contribution in [1.82, 2.24) is 10.2 Å². The summed E-state index contributed by atoms with van der Waals surface area (Å²) in [6.45, 7) is 5.13. The van der Waals surface area contributed by atoms with Crippen molar-refractivity contribution in [3.8, 4) is 5.75 Å². The second-order valence-electron chi connectivity index (χ2n) is 11.1. The summed E-state index contributed by atoms with van der Waals surface area (Å²) in [5.74, 6) is -1.22. The molecule has 4 aromatic carbocycles. The third-order valence-corrected chi connectivity index (χ3v) is 10.3. The number of carbonyl (C=O) groups excluding carboxylic acids is 2. The Morgan fingerprint density at radius 3 is 2.08 bits per heavy atom. The zero-order valence-corrected chi connectivity index (χ0v) is 29.2. The Hall–Kier alpha value is -4.12. The minimum atomic E-state index is -4.42. The van der Waals surface area contributed by atoms with E-state index in [4.69, 9.17) is 27.9 Å². The molecule has 0 aliphatic rings. The SMILES string of the molecule is CCOc1ccc(N(CC(=O)N(Cc2c(Cl)cccc2Cl)[C@@H](Cc2ccccc2)C(=O)N[C@H](C)CC)S(=O)(=O)c2ccc(F)cc2)cc1. The average Bonchev–Trinajstić information content (AvgIpc) is 3.07. The smallest absolute Gasteiger partial charge is 0.264 e. The molecule has 0 radical (unpaired) electrons. The van der Waals surface area contributed by atoms with E-state index in [-0.39, 0.29) is 39.6 Å². The molecule has 254 valence electrons. The van der Waals surface area contributed by atoms with Gasteiger partial charge in [0.2, 0.25) is 11.8 Å². The second-order valence-corrected chi connectivity index (χ2v) is 13.8. The fourth-order valence-corrected chi connectivity index (χ4v) is 6.92. The molecule has 0 unspecified atom stereocenters. The van der Waals surface area contributed by atoms with Crippen molar-refractivity contribution in [2.75, 3.05) is 17.5 Å². The van der Waals surface area contributed by atoms with E-state index in [9.17, 15) is 22.4 Å². The lowest BCUT2D eigenvalue weighted by Gasteiger charge is -2.34. The molecule has 1 N–H and O–H groups in total. The van der Waals surface area contributed by atoms with Gasteiger partial charge in [-0.05, 0) is 86.5 Å². The van der Waals surface area contributed by atoms with Gasteiger partial charge < -0.3 is 15.0 Å². The standard InChI is InChI=1S/C36H38Cl2FN3O5S/c1-4-25(3)40-36(44)34(22-26-10-7-6-8-11-26)41(23-31-32(37)12-9-13-33(31)38)35(43)24-42(28-16-18-29(19-17-28)47-5-2)48(45,46)30-20-14-27(39)15-21-30/h6-21,25,34H,4-5,22-24H2,1-3H3,(H,40,44)/t25-,34+/m1/s1. The summed E-state index contributed by atoms with van der Waals surface area (Å²) in [5, 5.41) is 3.55. The number of amides is 2. The first-order chi connectivity index (χ1) is 22.9. The van der Waals surface area contributed by atoms with Crippen LogP contribution in [0.15, 0.2) is 102 Å². The Kier molecular flexibility index (Phi) is 12.9. The molecule has 0 aromatic heterocycles. The van der Waals surface area contributed by atoms with Crippen LogP contribution in [0.4, 0.5) is 10.1 Å². The van der Waals surface area contributed by atoms with Crippen LogP contribution in [0.1, 0.15) is 38.3 Å². The second kappa shape index (κ2) is 16.8. The Morgan fingerprint density at radius 1 is 0.875 bits per heavy atom. The Labute approximate surface area is 291 Å². The number of benzene rings is 4. The van der Waals surface area contributed by atoms with Gasteiger partial charge in [-0.2, -0.15) is 0 Å². The molecule has 0 bridgehead atoms. The van der Waals surface area contributed by atoms with Gasteiger partial charge in [-0.15, -0.1) is 0 Å². The van der Waals surface area contributed by atoms with Crippen molar-refractivity contribution >= 4 is 50.7 Å². The van der Waals surface area contributed by atoms with E-state index in [2.05, 4.69) is 5.32 Å². The van der Waals surface area contributed by atoms with E-state index in [1.807, 2.05) is 51.1 Å². The van der Waals surface area contributed by atoms with Gasteiger partial charge in [0.25, 0.3) is 10.0 Å². The molecule has 4 rings (SSSR count). The Bertz CT molecular complexity index is 1770. The highest BCUT2D eigenvalue weighted by Crippen LogP contribution is 2.30. The largest absolute Gasteiger partial charge is 0.494 e. The number of hydrogen-bond acceptors (Lipinski definition) is 5. The number of rotatable bonds is 15. The molecule has 0 fully saturated rings. The van der Waals surface area contributed by atoms with Crippen molar-refractivity contribution in [3.05, 3.63) is 124 Å². The van der Waals surface area contributed by atoms with Crippen LogP contribution in [0.3, 0.4) is 0 Å². The maximum atomic E-state index is 14.6. The van der Waals surface area contributed by atoms with Crippen molar-refractivity contribution in [2.45, 2.75) is 57.1 Å². The van der Waals surface area contributed by atoms with Gasteiger partial charge in [-0.3, -0.25) is 13.9 Å². The van der Waals surface area contributed by atoms with Crippen LogP contribution in [0, 0.1) is 5.82 Å². The zero-order chi connectivity index (χ0) is 34.8. The van der Waals surface area contributed by atoms with E-state index < -0.39 is 40.2 Å². The van der Waals surface area contributed by atoms with Crippen molar-refractivity contribution in [1.29, 1.82) is 0 Å². The van der Waals surface area contributed by atoms with Crippen molar-refractivity contribution < 1.29 is 27.1 Å². The zero-order valence-electron chi connectivity index (χ0n) is 26.9. The highest BCUT2D eigenvalue weighted by atomic mass is 35.5. The number of sulfonamides is 1. The monoisotopic (exact) mass is 713 g/mol. The third-order valence-electron chi connectivity index (χ3n) is 7.78. The topological polar surface area (TPSA) is 96.0 Å². The van der Waals surface area contributed by atoms with Crippen molar-refractivity contribution in [3.63, 3.8) is 0 Å². The summed E-state index contributed by atoms with van der Waals surface area (Å²) >= 11 is 13.1. The number of halogens is 3. The van der Waals surface area contributed by atoms with E-state index in [1.54, 1.807) is 30.3 Å². The fourth-order valence-electron chi connectivity index (χ4n) is 4.99. The maximum absolute atomic E-state index is 14.6. The lowest BCUT2D eigenvalue weighted by molar-refractivity contribution is -0.140. The first-order valence-electron chi connectivity index (χ1n) is 15.5. The minimum Gasteiger partial charge on any atom is -0.494 e. The van der Waals surface area contributed by atoms with Crippen LogP contribution in [0.5, 0.6) is 5.75 Å². The van der Waals surface area contributed by atoms with Gasteiger partial charge >= 0.3 is 0 Å². The molecule has 0 spiro atoms. The summed E-state index contributed by atoms with van der Waals surface area (Å²) in [5.41, 5.74) is 1.35. The van der Waals surface area contributed by atoms with Gasteiger partial charge in [-0.1, -0.05) is 66.5 Å². The summed E-state index contributed by atoms with van der Waals surface area (Å²) < 4.78 is 48.6. The predicted octanol–water partition coefficient (Wildman–Crippen LogP) is 7.28. The van der Waals surface area contributed by atoms with Crippen LogP contribution in [0.25, 0.3) is 0 Å². The van der Waals surface area contributed by atoms with Crippen molar-refractivity contribution in [2.24, 2.45) is 0 Å². The van der Waals surface area contributed by atoms with Gasteiger partial charge in [-0.25, -0.2) is 12.8 Å². The van der Waals surface area contributed by atoms with Gasteiger partial charge in [0.15, 0.2) is 0 Å². The van der Waals surface area contributed by atoms with E-state index in [0.717, 1.165) is 34.1 Å². The summed E-state index contributed by atoms with van der Waals surface area (Å²) in [6, 6.07) is 23.4. The summed E-state index contributed by atoms with van der Waals surface area (Å²) in [4.78, 5) is 29.7. The molecule has 0 heterocycles. The highest BCUT2D eigenvalue weighted by Gasteiger charge is 2.35. The van der Waals surface area contributed by atoms with Crippen LogP contribution in [0.2, 0.25) is 10.0 Å². The number of nitrogens with zero attached hydrogens (tertiary/aromatic N) is 2. The maximum Gasteiger partial charge on any atom is 0.264 e. The molecular formula is C36H38Cl2FN3O5S. The Morgan fingerprint density at radius 2 is 1.50 bits per heavy atom. The summed E-state index contributed by atoms with van der Waals surface area (Å²) in [6.07, 6.45) is 0.778. The Balaban J connectivity index is 1.84. The highest BCUT2D eigenvalue weighted by molar-refractivity contribution is 7.92. The van der Waals surface area contributed by atoms with Crippen LogP contribution in [-0.4, -0.2) is 50.4 Å². The number of anilines is 1. The molecule has 48 heavy (non-hydrogen) atoms. The van der Waals surface area contributed by atoms with Gasteiger partial charge in [0.05, 0.1) is 17.2 Å². The third kappa shape index (κ3) is 9.27. The number of carbonyl (C=O) groups is 2. The van der Waals surface area contributed by atoms with E-state index in [0.29, 0.717) is 24.3 Å². The van der Waals surface area contributed by atoms with Crippen LogP contribution >= 0.6 is 23.2 Å². The molecule has 12 heteroatoms. The molecule has 0 saturated carbocycles. The average molecular weight is 715 g/mol. The van der Waals surface area contributed by atoms with E-state index in [1.165, 1.54) is 17.0 Å². The van der Waals surface area contributed by atoms with Gasteiger partial charge in [0.1, 0.15) is 24.2 Å². The fraction of sp³-hybridized carbons (Fsp3) is 0.278. The molecule has 4 aromatic rings. The normalized spacial score (nSPS) is 12.5. The molecule has 0 saturated heterocycles. The molecule has 0 aliphatic carbocycles. The number of nitrogens with one attached hydrogen (secondary N) is 1. The number of ether oxygens (including phenoxy) is 1. The summed E-state index contributed by atoms with van der Waals surface area (Å²) in [7, 11) is -4.42. The molecule has 2 atom stereocenters. The number of hydrogen-bond donors (Lipinski definition) is 1. The minimum absolute atomic E-state index is 0.130. The first kappa shape index (κ1) is 36.7. The first-order valence-corrected chi connectivity index (χ1v) is 17.7. The molecule has 2 amide bonds. The van der Waals surface area contributed by atoms with E-state index >= 15 is 0 Å². The molecule has 0 aliphatic heterocycles. The quantitative estimate of drug-likeness (QED) is 0.140. The van der Waals surface area contributed by atoms with Crippen LogP contribution in [-0.2, 0) is 32.6 Å². The van der Waals surface area contributed by atoms with Crippen LogP contribution < -0.4 is 14.4 Å². The van der Waals surface area contributed by atoms with Gasteiger partial charge in [0, 0.05) is 34.6 Å². The predicted molar refractivity (Wildman–Crippen MR) is 187 cm³/mol. The molecular weight excluding hydrogens is 676 g/mol. The lowest BCUT2D eigenvalue weighted by atomic mass is 10.0. The lowest BCUT2D eigenvalue weighted by Crippen LogP contribution is -2.54. The molecule has 8 nitrogen and oxygen atoms in total.